The highest BCUT2D eigenvalue weighted by molar-refractivity contribution is 6.36. The fraction of sp³-hybridized carbons (Fsp3) is 0.182. The van der Waals surface area contributed by atoms with Crippen LogP contribution in [0.5, 0.6) is 0 Å². The van der Waals surface area contributed by atoms with Crippen molar-refractivity contribution in [1.82, 2.24) is 4.98 Å². The van der Waals surface area contributed by atoms with Gasteiger partial charge in [0.05, 0.1) is 16.2 Å². The molecule has 84 valence electrons. The first-order valence-corrected chi connectivity index (χ1v) is 5.28. The van der Waals surface area contributed by atoms with Crippen LogP contribution in [0.4, 0.5) is 10.1 Å². The smallest absolute Gasteiger partial charge is 0.126 e. The maximum Gasteiger partial charge on any atom is 0.126 e. The Labute approximate surface area is 97.4 Å². The van der Waals surface area contributed by atoms with Gasteiger partial charge in [-0.25, -0.2) is 4.39 Å². The average molecular weight is 240 g/mol. The third-order valence-corrected chi connectivity index (χ3v) is 2.69. The van der Waals surface area contributed by atoms with Crippen molar-refractivity contribution in [3.63, 3.8) is 0 Å². The molecule has 0 spiro atoms. The lowest BCUT2D eigenvalue weighted by Gasteiger charge is -2.09. The predicted molar refractivity (Wildman–Crippen MR) is 63.9 cm³/mol. The van der Waals surface area contributed by atoms with Gasteiger partial charge in [0.15, 0.2) is 0 Å². The van der Waals surface area contributed by atoms with Crippen molar-refractivity contribution in [3.05, 3.63) is 34.7 Å². The van der Waals surface area contributed by atoms with Gasteiger partial charge >= 0.3 is 0 Å². The van der Waals surface area contributed by atoms with Gasteiger partial charge < -0.3 is 5.43 Å². The molecule has 3 N–H and O–H groups in total. The number of pyridine rings is 1. The monoisotopic (exact) mass is 239 g/mol. The molecule has 2 rings (SSSR count). The highest BCUT2D eigenvalue weighted by Crippen LogP contribution is 2.30. The van der Waals surface area contributed by atoms with Crippen molar-refractivity contribution < 1.29 is 4.39 Å². The molecule has 5 heteroatoms. The second-order valence-corrected chi connectivity index (χ2v) is 3.85. The number of hydrazine groups is 1. The molecule has 3 nitrogen and oxygen atoms in total. The van der Waals surface area contributed by atoms with Crippen molar-refractivity contribution >= 4 is 28.2 Å². The summed E-state index contributed by atoms with van der Waals surface area (Å²) in [6, 6.07) is 4.41. The summed E-state index contributed by atoms with van der Waals surface area (Å²) in [7, 11) is 0. The van der Waals surface area contributed by atoms with Crippen molar-refractivity contribution in [1.29, 1.82) is 0 Å². The van der Waals surface area contributed by atoms with E-state index in [9.17, 15) is 4.39 Å². The predicted octanol–water partition coefficient (Wildman–Crippen LogP) is 2.88. The Morgan fingerprint density at radius 3 is 2.81 bits per heavy atom. The minimum Gasteiger partial charge on any atom is -0.323 e. The molecule has 0 atom stereocenters. The molecule has 0 radical (unpaired) electrons. The maximum absolute atomic E-state index is 13.2. The number of fused-ring (bicyclic) bond motifs is 1. The summed E-state index contributed by atoms with van der Waals surface area (Å²) in [6.07, 6.45) is 0.749. The van der Waals surface area contributed by atoms with E-state index in [2.05, 4.69) is 10.4 Å². The SMILES string of the molecule is CCc1cc(NN)c2c(Cl)cc(F)cc2n1. The molecule has 0 saturated heterocycles. The molecule has 0 amide bonds. The summed E-state index contributed by atoms with van der Waals surface area (Å²) in [6.45, 7) is 1.97. The van der Waals surface area contributed by atoms with Gasteiger partial charge in [0.2, 0.25) is 0 Å². The number of rotatable bonds is 2. The van der Waals surface area contributed by atoms with Crippen LogP contribution in [-0.4, -0.2) is 4.98 Å². The number of aryl methyl sites for hydroxylation is 1. The van der Waals surface area contributed by atoms with Gasteiger partial charge in [0.1, 0.15) is 5.82 Å². The number of benzene rings is 1. The Morgan fingerprint density at radius 1 is 1.44 bits per heavy atom. The Bertz CT molecular complexity index is 542. The zero-order chi connectivity index (χ0) is 11.7. The largest absolute Gasteiger partial charge is 0.323 e. The van der Waals surface area contributed by atoms with Gasteiger partial charge in [-0.2, -0.15) is 0 Å². The van der Waals surface area contributed by atoms with Crippen LogP contribution in [0.2, 0.25) is 5.02 Å². The minimum absolute atomic E-state index is 0.304. The number of nitrogens with one attached hydrogen (secondary N) is 1. The van der Waals surface area contributed by atoms with Gasteiger partial charge in [-0.1, -0.05) is 18.5 Å². The van der Waals surface area contributed by atoms with Gasteiger partial charge in [0.25, 0.3) is 0 Å². The van der Waals surface area contributed by atoms with Crippen LogP contribution in [0.25, 0.3) is 10.9 Å². The van der Waals surface area contributed by atoms with E-state index in [1.165, 1.54) is 12.1 Å². The Morgan fingerprint density at radius 2 is 2.19 bits per heavy atom. The number of halogens is 2. The van der Waals surface area contributed by atoms with Crippen molar-refractivity contribution in [2.45, 2.75) is 13.3 Å². The standard InChI is InChI=1S/C11H11ClFN3/c1-2-7-5-10(16-14)11-8(12)3-6(13)4-9(11)15-7/h3-5H,2,14H2,1H3,(H,15,16). The van der Waals surface area contributed by atoms with E-state index in [0.29, 0.717) is 21.6 Å². The Kier molecular flexibility index (Phi) is 2.94. The number of hydrogen-bond acceptors (Lipinski definition) is 3. The minimum atomic E-state index is -0.402. The third-order valence-electron chi connectivity index (χ3n) is 2.40. The van der Waals surface area contributed by atoms with E-state index in [1.54, 1.807) is 0 Å². The summed E-state index contributed by atoms with van der Waals surface area (Å²) in [5.41, 5.74) is 4.56. The summed E-state index contributed by atoms with van der Waals surface area (Å²) in [5, 5.41) is 0.945. The first-order valence-electron chi connectivity index (χ1n) is 4.91. The number of hydrogen-bond donors (Lipinski definition) is 2. The molecule has 1 heterocycles. The lowest BCUT2D eigenvalue weighted by Crippen LogP contribution is -2.08. The van der Waals surface area contributed by atoms with Crippen LogP contribution in [0.15, 0.2) is 18.2 Å². The summed E-state index contributed by atoms with van der Waals surface area (Å²) >= 11 is 5.97. The third kappa shape index (κ3) is 1.81. The molecule has 16 heavy (non-hydrogen) atoms. The van der Waals surface area contributed by atoms with Gasteiger partial charge in [0, 0.05) is 17.1 Å². The molecule has 0 bridgehead atoms. The molecule has 2 aromatic rings. The second kappa shape index (κ2) is 4.23. The quantitative estimate of drug-likeness (QED) is 0.626. The van der Waals surface area contributed by atoms with Crippen molar-refractivity contribution in [2.75, 3.05) is 5.43 Å². The van der Waals surface area contributed by atoms with E-state index in [0.717, 1.165) is 12.1 Å². The molecule has 1 aromatic heterocycles. The second-order valence-electron chi connectivity index (χ2n) is 3.44. The van der Waals surface area contributed by atoms with Crippen LogP contribution in [0.3, 0.4) is 0 Å². The molecule has 1 aromatic carbocycles. The number of nitrogen functional groups attached to an aromatic ring is 1. The molecule has 0 aliphatic heterocycles. The normalized spacial score (nSPS) is 10.8. The fourth-order valence-electron chi connectivity index (χ4n) is 1.64. The van der Waals surface area contributed by atoms with Gasteiger partial charge in [-0.3, -0.25) is 10.8 Å². The molecular weight excluding hydrogens is 229 g/mol. The first-order chi connectivity index (χ1) is 7.65. The van der Waals surface area contributed by atoms with Crippen molar-refractivity contribution in [3.8, 4) is 0 Å². The summed E-state index contributed by atoms with van der Waals surface area (Å²) in [5.74, 6) is 5.01. The van der Waals surface area contributed by atoms with Gasteiger partial charge in [-0.15, -0.1) is 0 Å². The number of nitrogens with two attached hydrogens (primary N) is 1. The average Bonchev–Trinajstić information content (AvgIpc) is 2.26. The molecule has 0 fully saturated rings. The fourth-order valence-corrected chi connectivity index (χ4v) is 1.94. The van der Waals surface area contributed by atoms with Crippen molar-refractivity contribution in [2.24, 2.45) is 5.84 Å². The van der Waals surface area contributed by atoms with E-state index in [1.807, 2.05) is 13.0 Å². The molecular formula is C11H11ClFN3. The number of aromatic nitrogens is 1. The van der Waals surface area contributed by atoms with Crippen LogP contribution in [0, 0.1) is 5.82 Å². The number of anilines is 1. The van der Waals surface area contributed by atoms with Gasteiger partial charge in [-0.05, 0) is 18.6 Å². The first kappa shape index (κ1) is 11.1. The summed E-state index contributed by atoms with van der Waals surface area (Å²) < 4.78 is 13.2. The van der Waals surface area contributed by atoms with E-state index < -0.39 is 5.82 Å². The van der Waals surface area contributed by atoms with E-state index in [-0.39, 0.29) is 0 Å². The molecule has 0 aliphatic rings. The maximum atomic E-state index is 13.2. The highest BCUT2D eigenvalue weighted by Gasteiger charge is 2.09. The zero-order valence-electron chi connectivity index (χ0n) is 8.72. The topological polar surface area (TPSA) is 50.9 Å². The van der Waals surface area contributed by atoms with E-state index in [4.69, 9.17) is 17.4 Å². The van der Waals surface area contributed by atoms with E-state index >= 15 is 0 Å². The van der Waals surface area contributed by atoms with Crippen LogP contribution < -0.4 is 11.3 Å². The molecule has 0 aliphatic carbocycles. The Balaban J connectivity index is 2.83. The lowest BCUT2D eigenvalue weighted by atomic mass is 10.1. The van der Waals surface area contributed by atoms with Crippen LogP contribution in [-0.2, 0) is 6.42 Å². The highest BCUT2D eigenvalue weighted by atomic mass is 35.5. The number of nitrogens with zero attached hydrogens (tertiary/aromatic N) is 1. The molecule has 0 unspecified atom stereocenters. The lowest BCUT2D eigenvalue weighted by molar-refractivity contribution is 0.629. The zero-order valence-corrected chi connectivity index (χ0v) is 9.48. The Hall–Kier alpha value is -1.39. The van der Waals surface area contributed by atoms with Crippen LogP contribution in [0.1, 0.15) is 12.6 Å². The molecule has 0 saturated carbocycles. The summed E-state index contributed by atoms with van der Waals surface area (Å²) in [4.78, 5) is 4.30. The van der Waals surface area contributed by atoms with Crippen LogP contribution >= 0.6 is 11.6 Å².